The third-order valence-electron chi connectivity index (χ3n) is 4.67. The maximum atomic E-state index is 14.1. The molecule has 2 aromatic rings. The quantitative estimate of drug-likeness (QED) is 0.773. The van der Waals surface area contributed by atoms with Crippen molar-refractivity contribution in [1.29, 1.82) is 0 Å². The van der Waals surface area contributed by atoms with E-state index in [4.69, 9.17) is 18.9 Å². The molecule has 0 N–H and O–H groups in total. The summed E-state index contributed by atoms with van der Waals surface area (Å²) in [6.45, 7) is 0. The van der Waals surface area contributed by atoms with Crippen LogP contribution in [0.3, 0.4) is 0 Å². The Morgan fingerprint density at radius 1 is 0.926 bits per heavy atom. The standard InChI is InChI=1S/C20H23FN2O4/c1-23-16(12-6-7-17(24-2)14(21)8-12)11-15(22-23)13-9-18(25-3)20(27-5)19(10-13)26-4/h6-10,16H,11H2,1-5H3. The third kappa shape index (κ3) is 3.49. The lowest BCUT2D eigenvalue weighted by Gasteiger charge is -2.19. The van der Waals surface area contributed by atoms with Gasteiger partial charge in [-0.25, -0.2) is 4.39 Å². The first-order valence-electron chi connectivity index (χ1n) is 8.46. The number of benzene rings is 2. The molecule has 3 rings (SSSR count). The van der Waals surface area contributed by atoms with Crippen molar-refractivity contribution in [3.63, 3.8) is 0 Å². The van der Waals surface area contributed by atoms with E-state index in [2.05, 4.69) is 5.10 Å². The first-order valence-corrected chi connectivity index (χ1v) is 8.46. The molecule has 7 heteroatoms. The number of hydrogen-bond donors (Lipinski definition) is 0. The van der Waals surface area contributed by atoms with Crippen molar-refractivity contribution in [2.45, 2.75) is 12.5 Å². The molecule has 0 saturated heterocycles. The van der Waals surface area contributed by atoms with Crippen molar-refractivity contribution >= 4 is 5.71 Å². The highest BCUT2D eigenvalue weighted by molar-refractivity contribution is 6.02. The van der Waals surface area contributed by atoms with Crippen molar-refractivity contribution in [1.82, 2.24) is 5.01 Å². The van der Waals surface area contributed by atoms with Gasteiger partial charge >= 0.3 is 0 Å². The predicted molar refractivity (Wildman–Crippen MR) is 101 cm³/mol. The Kier molecular flexibility index (Phi) is 5.39. The average molecular weight is 374 g/mol. The molecular weight excluding hydrogens is 351 g/mol. The van der Waals surface area contributed by atoms with E-state index >= 15 is 0 Å². The molecule has 0 fully saturated rings. The van der Waals surface area contributed by atoms with Crippen LogP contribution >= 0.6 is 0 Å². The van der Waals surface area contributed by atoms with Gasteiger partial charge in [0.2, 0.25) is 5.75 Å². The molecule has 1 heterocycles. The summed E-state index contributed by atoms with van der Waals surface area (Å²) in [4.78, 5) is 0. The molecule has 0 amide bonds. The summed E-state index contributed by atoms with van der Waals surface area (Å²) in [6, 6.07) is 8.65. The maximum Gasteiger partial charge on any atom is 0.203 e. The van der Waals surface area contributed by atoms with E-state index in [1.807, 2.05) is 30.3 Å². The zero-order valence-electron chi connectivity index (χ0n) is 16.1. The molecule has 1 aliphatic rings. The van der Waals surface area contributed by atoms with Gasteiger partial charge in [-0.05, 0) is 29.8 Å². The molecule has 0 bridgehead atoms. The van der Waals surface area contributed by atoms with Gasteiger partial charge in [-0.15, -0.1) is 0 Å². The Labute approximate surface area is 158 Å². The van der Waals surface area contributed by atoms with Crippen molar-refractivity contribution in [2.24, 2.45) is 5.10 Å². The smallest absolute Gasteiger partial charge is 0.203 e. The van der Waals surface area contributed by atoms with E-state index in [9.17, 15) is 4.39 Å². The van der Waals surface area contributed by atoms with Crippen LogP contribution in [0.5, 0.6) is 23.0 Å². The lowest BCUT2D eigenvalue weighted by molar-refractivity contribution is 0.288. The molecule has 2 aromatic carbocycles. The number of hydrogen-bond acceptors (Lipinski definition) is 6. The second-order valence-electron chi connectivity index (χ2n) is 6.15. The normalized spacial score (nSPS) is 16.1. The molecule has 27 heavy (non-hydrogen) atoms. The van der Waals surface area contributed by atoms with Crippen molar-refractivity contribution in [3.05, 3.63) is 47.3 Å². The van der Waals surface area contributed by atoms with E-state index in [1.165, 1.54) is 13.2 Å². The van der Waals surface area contributed by atoms with Crippen LogP contribution in [0.25, 0.3) is 0 Å². The molecule has 1 aliphatic heterocycles. The summed E-state index contributed by atoms with van der Waals surface area (Å²) in [5.41, 5.74) is 2.56. The van der Waals surface area contributed by atoms with Crippen LogP contribution in [-0.4, -0.2) is 46.2 Å². The van der Waals surface area contributed by atoms with Crippen LogP contribution in [0.2, 0.25) is 0 Å². The topological polar surface area (TPSA) is 52.5 Å². The third-order valence-corrected chi connectivity index (χ3v) is 4.67. The highest BCUT2D eigenvalue weighted by atomic mass is 19.1. The molecule has 0 aromatic heterocycles. The first kappa shape index (κ1) is 18.8. The number of ether oxygens (including phenoxy) is 4. The fourth-order valence-electron chi connectivity index (χ4n) is 3.26. The van der Waals surface area contributed by atoms with Crippen LogP contribution in [0.15, 0.2) is 35.4 Å². The minimum absolute atomic E-state index is 0.0699. The van der Waals surface area contributed by atoms with Gasteiger partial charge in [0.25, 0.3) is 0 Å². The SMILES string of the molecule is COc1ccc(C2CC(c3cc(OC)c(OC)c(OC)c3)=NN2C)cc1F. The van der Waals surface area contributed by atoms with E-state index in [0.29, 0.717) is 23.7 Å². The summed E-state index contributed by atoms with van der Waals surface area (Å²) in [7, 11) is 8.04. The molecule has 6 nitrogen and oxygen atoms in total. The van der Waals surface area contributed by atoms with E-state index < -0.39 is 0 Å². The molecule has 144 valence electrons. The molecule has 0 radical (unpaired) electrons. The van der Waals surface area contributed by atoms with Crippen LogP contribution in [0.4, 0.5) is 4.39 Å². The zero-order chi connectivity index (χ0) is 19.6. The zero-order valence-corrected chi connectivity index (χ0v) is 16.1. The summed E-state index contributed by atoms with van der Waals surface area (Å²) < 4.78 is 35.3. The number of halogens is 1. The average Bonchev–Trinajstić information content (AvgIpc) is 3.08. The summed E-state index contributed by atoms with van der Waals surface area (Å²) >= 11 is 0. The molecule has 0 spiro atoms. The van der Waals surface area contributed by atoms with Crippen LogP contribution in [-0.2, 0) is 0 Å². The first-order chi connectivity index (χ1) is 13.0. The number of nitrogens with zero attached hydrogens (tertiary/aromatic N) is 2. The van der Waals surface area contributed by atoms with Gasteiger partial charge in [0.1, 0.15) is 0 Å². The second-order valence-corrected chi connectivity index (χ2v) is 6.15. The van der Waals surface area contributed by atoms with Crippen LogP contribution in [0, 0.1) is 5.82 Å². The van der Waals surface area contributed by atoms with Gasteiger partial charge in [-0.3, -0.25) is 5.01 Å². The van der Waals surface area contributed by atoms with Crippen molar-refractivity contribution in [3.8, 4) is 23.0 Å². The largest absolute Gasteiger partial charge is 0.494 e. The number of methoxy groups -OCH3 is 4. The van der Waals surface area contributed by atoms with Gasteiger partial charge in [-0.2, -0.15) is 5.10 Å². The Bertz CT molecular complexity index is 844. The van der Waals surface area contributed by atoms with Crippen LogP contribution < -0.4 is 18.9 Å². The monoisotopic (exact) mass is 374 g/mol. The highest BCUT2D eigenvalue weighted by Crippen LogP contribution is 2.40. The molecule has 0 saturated carbocycles. The fourth-order valence-corrected chi connectivity index (χ4v) is 3.26. The van der Waals surface area contributed by atoms with Gasteiger partial charge in [0, 0.05) is 19.0 Å². The van der Waals surface area contributed by atoms with Crippen LogP contribution in [0.1, 0.15) is 23.6 Å². The van der Waals surface area contributed by atoms with E-state index in [1.54, 1.807) is 27.4 Å². The second kappa shape index (κ2) is 7.73. The van der Waals surface area contributed by atoms with Crippen molar-refractivity contribution in [2.75, 3.05) is 35.5 Å². The maximum absolute atomic E-state index is 14.1. The Morgan fingerprint density at radius 3 is 2.07 bits per heavy atom. The summed E-state index contributed by atoms with van der Waals surface area (Å²) in [5.74, 6) is 1.51. The Morgan fingerprint density at radius 2 is 1.56 bits per heavy atom. The number of rotatable bonds is 6. The minimum atomic E-state index is -0.385. The summed E-state index contributed by atoms with van der Waals surface area (Å²) in [6.07, 6.45) is 0.626. The van der Waals surface area contributed by atoms with E-state index in [0.717, 1.165) is 16.8 Å². The lowest BCUT2D eigenvalue weighted by atomic mass is 9.98. The highest BCUT2D eigenvalue weighted by Gasteiger charge is 2.28. The predicted octanol–water partition coefficient (Wildman–Crippen LogP) is 3.64. The van der Waals surface area contributed by atoms with E-state index in [-0.39, 0.29) is 17.6 Å². The minimum Gasteiger partial charge on any atom is -0.494 e. The molecule has 0 aliphatic carbocycles. The molecule has 1 atom stereocenters. The Balaban J connectivity index is 1.92. The summed E-state index contributed by atoms with van der Waals surface area (Å²) in [5, 5.41) is 6.47. The van der Waals surface area contributed by atoms with Gasteiger partial charge in [-0.1, -0.05) is 6.07 Å². The van der Waals surface area contributed by atoms with Gasteiger partial charge in [0.05, 0.1) is 40.2 Å². The number of hydrazone groups is 1. The van der Waals surface area contributed by atoms with Gasteiger partial charge in [0.15, 0.2) is 23.1 Å². The van der Waals surface area contributed by atoms with Gasteiger partial charge < -0.3 is 18.9 Å². The molecular formula is C20H23FN2O4. The fraction of sp³-hybridized carbons (Fsp3) is 0.350. The Hall–Kier alpha value is -2.96. The lowest BCUT2D eigenvalue weighted by Crippen LogP contribution is -2.14. The van der Waals surface area contributed by atoms with Crippen molar-refractivity contribution < 1.29 is 23.3 Å². The molecule has 1 unspecified atom stereocenters.